The van der Waals surface area contributed by atoms with Crippen molar-refractivity contribution in [1.29, 1.82) is 0 Å². The molecule has 7 nitrogen and oxygen atoms in total. The minimum absolute atomic E-state index is 0.0143. The second-order valence-electron chi connectivity index (χ2n) is 5.91. The van der Waals surface area contributed by atoms with Crippen molar-refractivity contribution < 1.29 is 14.0 Å². The third-order valence-electron chi connectivity index (χ3n) is 3.92. The lowest BCUT2D eigenvalue weighted by Gasteiger charge is -2.11. The summed E-state index contributed by atoms with van der Waals surface area (Å²) in [5.74, 6) is 1.12. The molecule has 0 aliphatic heterocycles. The second kappa shape index (κ2) is 8.22. The number of Topliss-reactive ketones (excluding diaryl/α,β-unsaturated/α-hetero) is 1. The summed E-state index contributed by atoms with van der Waals surface area (Å²) in [4.78, 5) is 23.8. The predicted octanol–water partition coefficient (Wildman–Crippen LogP) is 3.88. The van der Waals surface area contributed by atoms with Crippen molar-refractivity contribution in [3.63, 3.8) is 0 Å². The molecule has 1 N–H and O–H groups in total. The molecule has 0 saturated heterocycles. The summed E-state index contributed by atoms with van der Waals surface area (Å²) >= 11 is 1.36. The maximum Gasteiger partial charge on any atom is 0.221 e. The number of benzene rings is 1. The molecule has 1 atom stereocenters. The van der Waals surface area contributed by atoms with Gasteiger partial charge >= 0.3 is 0 Å². The normalized spacial score (nSPS) is 12.0. The van der Waals surface area contributed by atoms with Crippen molar-refractivity contribution >= 4 is 29.1 Å². The van der Waals surface area contributed by atoms with Crippen molar-refractivity contribution in [2.45, 2.75) is 37.7 Å². The van der Waals surface area contributed by atoms with Crippen molar-refractivity contribution in [3.05, 3.63) is 48.2 Å². The van der Waals surface area contributed by atoms with Crippen LogP contribution in [-0.2, 0) is 11.3 Å². The Morgan fingerprint density at radius 1 is 1.22 bits per heavy atom. The van der Waals surface area contributed by atoms with Crippen LogP contribution in [0.15, 0.2) is 52.2 Å². The van der Waals surface area contributed by atoms with Gasteiger partial charge in [-0.05, 0) is 50.2 Å². The topological polar surface area (TPSA) is 90.0 Å². The Kier molecular flexibility index (Phi) is 5.75. The number of nitrogens with zero attached hydrogens (tertiary/aromatic N) is 3. The lowest BCUT2D eigenvalue weighted by atomic mass is 10.1. The van der Waals surface area contributed by atoms with Gasteiger partial charge in [-0.3, -0.25) is 14.2 Å². The van der Waals surface area contributed by atoms with Gasteiger partial charge in [0.25, 0.3) is 0 Å². The molecule has 27 heavy (non-hydrogen) atoms. The highest BCUT2D eigenvalue weighted by Gasteiger charge is 2.22. The number of ketones is 1. The molecule has 0 saturated carbocycles. The van der Waals surface area contributed by atoms with E-state index in [-0.39, 0.29) is 16.9 Å². The summed E-state index contributed by atoms with van der Waals surface area (Å²) in [7, 11) is 0. The third-order valence-corrected chi connectivity index (χ3v) is 5.00. The number of carbonyl (C=O) groups is 2. The molecular weight excluding hydrogens is 364 g/mol. The molecule has 0 fully saturated rings. The lowest BCUT2D eigenvalue weighted by Crippen LogP contribution is -2.15. The van der Waals surface area contributed by atoms with Crippen molar-refractivity contribution in [2.75, 3.05) is 5.32 Å². The monoisotopic (exact) mass is 384 g/mol. The highest BCUT2D eigenvalue weighted by atomic mass is 32.2. The maximum absolute atomic E-state index is 12.7. The van der Waals surface area contributed by atoms with E-state index in [1.165, 1.54) is 18.7 Å². The van der Waals surface area contributed by atoms with E-state index < -0.39 is 0 Å². The van der Waals surface area contributed by atoms with Crippen LogP contribution in [0.5, 0.6) is 0 Å². The van der Waals surface area contributed by atoms with Gasteiger partial charge in [-0.2, -0.15) is 0 Å². The number of hydrogen-bond acceptors (Lipinski definition) is 6. The standard InChI is InChI=1S/C19H20N4O3S/c1-4-23-18(16-6-5-11-26-16)21-22-19(23)27-12(2)17(25)14-7-9-15(10-8-14)20-13(3)24/h5-12H,4H2,1-3H3,(H,20,24). The van der Waals surface area contributed by atoms with Crippen LogP contribution in [0.3, 0.4) is 0 Å². The van der Waals surface area contributed by atoms with E-state index in [4.69, 9.17) is 4.42 Å². The van der Waals surface area contributed by atoms with Crippen LogP contribution in [0.2, 0.25) is 0 Å². The van der Waals surface area contributed by atoms with Crippen LogP contribution < -0.4 is 5.32 Å². The maximum atomic E-state index is 12.7. The first-order valence-electron chi connectivity index (χ1n) is 8.55. The molecule has 1 aromatic carbocycles. The number of carbonyl (C=O) groups excluding carboxylic acids is 2. The summed E-state index contributed by atoms with van der Waals surface area (Å²) in [5, 5.41) is 11.4. The van der Waals surface area contributed by atoms with Gasteiger partial charge in [0.1, 0.15) is 0 Å². The van der Waals surface area contributed by atoms with Crippen molar-refractivity contribution in [2.24, 2.45) is 0 Å². The van der Waals surface area contributed by atoms with E-state index in [2.05, 4.69) is 15.5 Å². The van der Waals surface area contributed by atoms with Gasteiger partial charge in [-0.25, -0.2) is 0 Å². The summed E-state index contributed by atoms with van der Waals surface area (Å²) in [6.07, 6.45) is 1.59. The Bertz CT molecular complexity index is 933. The van der Waals surface area contributed by atoms with Crippen molar-refractivity contribution in [3.8, 4) is 11.6 Å². The summed E-state index contributed by atoms with van der Waals surface area (Å²) in [5.41, 5.74) is 1.24. The fourth-order valence-corrected chi connectivity index (χ4v) is 3.61. The zero-order chi connectivity index (χ0) is 19.4. The summed E-state index contributed by atoms with van der Waals surface area (Å²) in [6.45, 7) is 5.94. The molecule has 0 spiro atoms. The fourth-order valence-electron chi connectivity index (χ4n) is 2.62. The molecular formula is C19H20N4O3S. The molecule has 0 radical (unpaired) electrons. The Hall–Kier alpha value is -2.87. The smallest absolute Gasteiger partial charge is 0.221 e. The van der Waals surface area contributed by atoms with E-state index >= 15 is 0 Å². The molecule has 140 valence electrons. The van der Waals surface area contributed by atoms with Crippen LogP contribution >= 0.6 is 11.8 Å². The molecule has 1 unspecified atom stereocenters. The summed E-state index contributed by atoms with van der Waals surface area (Å²) in [6, 6.07) is 10.5. The molecule has 0 bridgehead atoms. The Morgan fingerprint density at radius 2 is 1.96 bits per heavy atom. The van der Waals surface area contributed by atoms with Crippen LogP contribution in [0, 0.1) is 0 Å². The van der Waals surface area contributed by atoms with Gasteiger partial charge in [-0.1, -0.05) is 11.8 Å². The number of rotatable bonds is 7. The van der Waals surface area contributed by atoms with Gasteiger partial charge in [0.05, 0.1) is 11.5 Å². The Morgan fingerprint density at radius 3 is 2.56 bits per heavy atom. The first-order chi connectivity index (χ1) is 13.0. The molecule has 0 aliphatic rings. The van der Waals surface area contributed by atoms with Gasteiger partial charge in [0.15, 0.2) is 22.5 Å². The first kappa shape index (κ1) is 18.9. The zero-order valence-electron chi connectivity index (χ0n) is 15.3. The predicted molar refractivity (Wildman–Crippen MR) is 104 cm³/mol. The molecule has 3 aromatic rings. The molecule has 1 amide bonds. The zero-order valence-corrected chi connectivity index (χ0v) is 16.1. The number of anilines is 1. The number of nitrogens with one attached hydrogen (secondary N) is 1. The summed E-state index contributed by atoms with van der Waals surface area (Å²) < 4.78 is 7.33. The highest BCUT2D eigenvalue weighted by Crippen LogP contribution is 2.28. The number of furan rings is 1. The van der Waals surface area contributed by atoms with Crippen LogP contribution in [0.4, 0.5) is 5.69 Å². The second-order valence-corrected chi connectivity index (χ2v) is 7.22. The molecule has 8 heteroatoms. The average Bonchev–Trinajstić information content (AvgIpc) is 3.30. The third kappa shape index (κ3) is 4.28. The minimum Gasteiger partial charge on any atom is -0.461 e. The molecule has 2 heterocycles. The van der Waals surface area contributed by atoms with Crippen LogP contribution in [0.25, 0.3) is 11.6 Å². The van der Waals surface area contributed by atoms with E-state index in [9.17, 15) is 9.59 Å². The number of thioether (sulfide) groups is 1. The fraction of sp³-hybridized carbons (Fsp3) is 0.263. The average molecular weight is 384 g/mol. The van der Waals surface area contributed by atoms with E-state index in [0.29, 0.717) is 34.5 Å². The molecule has 3 rings (SSSR count). The van der Waals surface area contributed by atoms with Crippen LogP contribution in [0.1, 0.15) is 31.1 Å². The molecule has 0 aliphatic carbocycles. The Balaban J connectivity index is 1.74. The largest absolute Gasteiger partial charge is 0.461 e. The number of aromatic nitrogens is 3. The van der Waals surface area contributed by atoms with Gasteiger partial charge in [0.2, 0.25) is 5.91 Å². The first-order valence-corrected chi connectivity index (χ1v) is 9.43. The van der Waals surface area contributed by atoms with Crippen molar-refractivity contribution in [1.82, 2.24) is 14.8 Å². The number of amides is 1. The SMILES string of the molecule is CCn1c(SC(C)C(=O)c2ccc(NC(C)=O)cc2)nnc1-c1ccco1. The quantitative estimate of drug-likeness (QED) is 0.491. The van der Waals surface area contributed by atoms with Gasteiger partial charge < -0.3 is 9.73 Å². The number of hydrogen-bond donors (Lipinski definition) is 1. The van der Waals surface area contributed by atoms with Gasteiger partial charge in [0, 0.05) is 24.7 Å². The highest BCUT2D eigenvalue weighted by molar-refractivity contribution is 8.00. The Labute approximate surface area is 161 Å². The van der Waals surface area contributed by atoms with Gasteiger partial charge in [-0.15, -0.1) is 10.2 Å². The van der Waals surface area contributed by atoms with E-state index in [1.54, 1.807) is 36.6 Å². The lowest BCUT2D eigenvalue weighted by molar-refractivity contribution is -0.114. The molecule has 2 aromatic heterocycles. The van der Waals surface area contributed by atoms with E-state index in [0.717, 1.165) is 0 Å². The van der Waals surface area contributed by atoms with Crippen LogP contribution in [-0.4, -0.2) is 31.7 Å². The minimum atomic E-state index is -0.337. The van der Waals surface area contributed by atoms with E-state index in [1.807, 2.05) is 24.5 Å².